The third kappa shape index (κ3) is 4.35. The van der Waals surface area contributed by atoms with Crippen LogP contribution in [-0.2, 0) is 4.79 Å². The fourth-order valence-electron chi connectivity index (χ4n) is 3.64. The zero-order chi connectivity index (χ0) is 20.9. The van der Waals surface area contributed by atoms with Gasteiger partial charge >= 0.3 is 0 Å². The molecule has 0 bridgehead atoms. The van der Waals surface area contributed by atoms with Crippen LogP contribution in [0.1, 0.15) is 47.9 Å². The fraction of sp³-hybridized carbons (Fsp3) is 0.286. The highest BCUT2D eigenvalue weighted by atomic mass is 32.1. The molecule has 0 saturated heterocycles. The molecule has 1 N–H and O–H groups in total. The van der Waals surface area contributed by atoms with Gasteiger partial charge in [-0.25, -0.2) is 4.39 Å². The number of hydrogen-bond donors (Lipinski definition) is 1. The van der Waals surface area contributed by atoms with Gasteiger partial charge in [-0.05, 0) is 60.8 Å². The summed E-state index contributed by atoms with van der Waals surface area (Å²) in [5, 5.41) is 8.45. The van der Waals surface area contributed by atoms with Gasteiger partial charge in [0.15, 0.2) is 11.7 Å². The average molecular weight is 425 g/mol. The van der Waals surface area contributed by atoms with Crippen molar-refractivity contribution in [2.24, 2.45) is 0 Å². The molecule has 30 heavy (non-hydrogen) atoms. The molecule has 0 spiro atoms. The van der Waals surface area contributed by atoms with Crippen molar-refractivity contribution in [1.82, 2.24) is 19.9 Å². The second kappa shape index (κ2) is 9.08. The molecule has 1 aliphatic rings. The molecule has 1 saturated carbocycles. The minimum absolute atomic E-state index is 0.0646. The lowest BCUT2D eigenvalue weighted by atomic mass is 10.1. The van der Waals surface area contributed by atoms with Gasteiger partial charge in [-0.1, -0.05) is 23.4 Å². The molecule has 3 aromatic rings. The van der Waals surface area contributed by atoms with Crippen molar-refractivity contribution in [3.05, 3.63) is 71.2 Å². The zero-order valence-corrected chi connectivity index (χ0v) is 16.9. The number of hydrogen-bond acceptors (Lipinski definition) is 6. The molecule has 9 heteroatoms. The van der Waals surface area contributed by atoms with Crippen molar-refractivity contribution in [1.29, 1.82) is 0 Å². The van der Waals surface area contributed by atoms with Crippen LogP contribution < -0.4 is 10.2 Å². The maximum absolute atomic E-state index is 13.6. The Morgan fingerprint density at radius 2 is 1.90 bits per heavy atom. The minimum atomic E-state index is -1.04. The molecule has 1 aromatic carbocycles. The molecule has 2 heterocycles. The Labute approximate surface area is 177 Å². The second-order valence-corrected chi connectivity index (χ2v) is 7.70. The highest BCUT2D eigenvalue weighted by Gasteiger charge is 2.36. The number of benzene rings is 1. The first kappa shape index (κ1) is 20.1. The smallest absolute Gasteiger partial charge is 0.280 e. The number of carbonyl (C=O) groups excluding carboxylic acids is 2. The maximum atomic E-state index is 13.6. The van der Waals surface area contributed by atoms with Gasteiger partial charge in [-0.2, -0.15) is 0 Å². The van der Waals surface area contributed by atoms with Gasteiger partial charge < -0.3 is 5.32 Å². The normalized spacial score (nSPS) is 15.0. The first-order valence-corrected chi connectivity index (χ1v) is 10.5. The first-order chi connectivity index (χ1) is 14.6. The first-order valence-electron chi connectivity index (χ1n) is 9.71. The van der Waals surface area contributed by atoms with E-state index in [2.05, 4.69) is 19.9 Å². The third-order valence-corrected chi connectivity index (χ3v) is 5.58. The van der Waals surface area contributed by atoms with E-state index < -0.39 is 17.8 Å². The van der Waals surface area contributed by atoms with Crippen molar-refractivity contribution >= 4 is 29.0 Å². The molecule has 1 atom stereocenters. The predicted molar refractivity (Wildman–Crippen MR) is 110 cm³/mol. The van der Waals surface area contributed by atoms with Gasteiger partial charge in [0, 0.05) is 23.3 Å². The highest BCUT2D eigenvalue weighted by molar-refractivity contribution is 7.03. The number of nitrogens with one attached hydrogen (secondary N) is 1. The lowest BCUT2D eigenvalue weighted by Gasteiger charge is -2.31. The predicted octanol–water partition coefficient (Wildman–Crippen LogP) is 3.52. The molecule has 2 amide bonds. The van der Waals surface area contributed by atoms with Crippen LogP contribution in [0, 0.1) is 5.82 Å². The van der Waals surface area contributed by atoms with Crippen LogP contribution in [0.15, 0.2) is 54.0 Å². The van der Waals surface area contributed by atoms with E-state index in [0.717, 1.165) is 37.2 Å². The van der Waals surface area contributed by atoms with Gasteiger partial charge in [0.2, 0.25) is 5.91 Å². The number of aromatic nitrogens is 3. The topological polar surface area (TPSA) is 88.1 Å². The standard InChI is InChI=1S/C21H20FN5O2S/c22-14-8-10-16(11-9-14)27(21(29)18-13-30-26-25-18)19(17-7-3-4-12-23-17)20(28)24-15-5-1-2-6-15/h3-4,7-13,15,19H,1-2,5-6H2,(H,24,28)/t19-/m0/s1. The number of halogens is 1. The molecule has 0 unspecified atom stereocenters. The molecular formula is C21H20FN5O2S. The quantitative estimate of drug-likeness (QED) is 0.653. The van der Waals surface area contributed by atoms with Gasteiger partial charge in [-0.15, -0.1) is 5.10 Å². The molecule has 7 nitrogen and oxygen atoms in total. The Morgan fingerprint density at radius 1 is 1.13 bits per heavy atom. The third-order valence-electron chi connectivity index (χ3n) is 5.08. The number of pyridine rings is 1. The summed E-state index contributed by atoms with van der Waals surface area (Å²) >= 11 is 1.04. The molecular weight excluding hydrogens is 405 g/mol. The number of nitrogens with zero attached hydrogens (tertiary/aromatic N) is 4. The summed E-state index contributed by atoms with van der Waals surface area (Å²) in [5.74, 6) is -1.28. The molecule has 0 aliphatic heterocycles. The summed E-state index contributed by atoms with van der Waals surface area (Å²) in [6.45, 7) is 0. The van der Waals surface area contributed by atoms with Crippen LogP contribution >= 0.6 is 11.5 Å². The fourth-order valence-corrected chi connectivity index (χ4v) is 4.07. The SMILES string of the molecule is O=C(NC1CCCC1)[C@H](c1ccccn1)N(C(=O)c1csnn1)c1ccc(F)cc1. The minimum Gasteiger partial charge on any atom is -0.351 e. The van der Waals surface area contributed by atoms with Crippen LogP contribution in [0.3, 0.4) is 0 Å². The van der Waals surface area contributed by atoms with E-state index in [9.17, 15) is 14.0 Å². The number of rotatable bonds is 6. The van der Waals surface area contributed by atoms with Gasteiger partial charge in [0.25, 0.3) is 5.91 Å². The van der Waals surface area contributed by atoms with E-state index >= 15 is 0 Å². The van der Waals surface area contributed by atoms with Crippen LogP contribution in [0.4, 0.5) is 10.1 Å². The second-order valence-electron chi connectivity index (χ2n) is 7.09. The van der Waals surface area contributed by atoms with Crippen molar-refractivity contribution in [2.45, 2.75) is 37.8 Å². The van der Waals surface area contributed by atoms with E-state index in [1.807, 2.05) is 0 Å². The van der Waals surface area contributed by atoms with E-state index in [-0.39, 0.29) is 17.6 Å². The van der Waals surface area contributed by atoms with E-state index in [1.54, 1.807) is 24.4 Å². The Bertz CT molecular complexity index is 992. The number of anilines is 1. The summed E-state index contributed by atoms with van der Waals surface area (Å²) < 4.78 is 17.3. The van der Waals surface area contributed by atoms with Gasteiger partial charge in [0.05, 0.1) is 5.69 Å². The highest BCUT2D eigenvalue weighted by Crippen LogP contribution is 2.30. The van der Waals surface area contributed by atoms with E-state index in [0.29, 0.717) is 11.4 Å². The van der Waals surface area contributed by atoms with Crippen molar-refractivity contribution in [2.75, 3.05) is 4.90 Å². The molecule has 0 radical (unpaired) electrons. The summed E-state index contributed by atoms with van der Waals surface area (Å²) in [7, 11) is 0. The Morgan fingerprint density at radius 3 is 2.53 bits per heavy atom. The summed E-state index contributed by atoms with van der Waals surface area (Å²) in [4.78, 5) is 32.4. The monoisotopic (exact) mass is 425 g/mol. The molecule has 1 aliphatic carbocycles. The summed E-state index contributed by atoms with van der Waals surface area (Å²) in [5.41, 5.74) is 0.888. The van der Waals surface area contributed by atoms with Crippen LogP contribution in [0.25, 0.3) is 0 Å². The van der Waals surface area contributed by atoms with Crippen molar-refractivity contribution in [3.63, 3.8) is 0 Å². The van der Waals surface area contributed by atoms with Crippen LogP contribution in [0.5, 0.6) is 0 Å². The van der Waals surface area contributed by atoms with Crippen molar-refractivity contribution < 1.29 is 14.0 Å². The lowest BCUT2D eigenvalue weighted by molar-refractivity contribution is -0.123. The average Bonchev–Trinajstić information content (AvgIpc) is 3.47. The summed E-state index contributed by atoms with van der Waals surface area (Å²) in [6.07, 6.45) is 5.50. The number of amides is 2. The lowest BCUT2D eigenvalue weighted by Crippen LogP contribution is -2.46. The van der Waals surface area contributed by atoms with Gasteiger partial charge in [-0.3, -0.25) is 19.5 Å². The molecule has 2 aromatic heterocycles. The Balaban J connectivity index is 1.78. The Kier molecular flexibility index (Phi) is 6.08. The van der Waals surface area contributed by atoms with Gasteiger partial charge in [0.1, 0.15) is 5.82 Å². The van der Waals surface area contributed by atoms with Crippen molar-refractivity contribution in [3.8, 4) is 0 Å². The van der Waals surface area contributed by atoms with Crippen LogP contribution in [0.2, 0.25) is 0 Å². The summed E-state index contributed by atoms with van der Waals surface area (Å²) in [6, 6.07) is 9.65. The maximum Gasteiger partial charge on any atom is 0.280 e. The molecule has 154 valence electrons. The van der Waals surface area contributed by atoms with E-state index in [1.165, 1.54) is 34.5 Å². The van der Waals surface area contributed by atoms with Crippen LogP contribution in [-0.4, -0.2) is 32.4 Å². The van der Waals surface area contributed by atoms with E-state index in [4.69, 9.17) is 0 Å². The zero-order valence-electron chi connectivity index (χ0n) is 16.1. The largest absolute Gasteiger partial charge is 0.351 e. The molecule has 1 fully saturated rings. The Hall–Kier alpha value is -3.20. The molecule has 4 rings (SSSR count). The number of carbonyl (C=O) groups is 2.